The van der Waals surface area contributed by atoms with Gasteiger partial charge in [0.25, 0.3) is 0 Å². The molecule has 0 radical (unpaired) electrons. The summed E-state index contributed by atoms with van der Waals surface area (Å²) in [5.41, 5.74) is -0.465. The van der Waals surface area contributed by atoms with Gasteiger partial charge in [-0.15, -0.1) is 11.3 Å². The third kappa shape index (κ3) is 8.72. The van der Waals surface area contributed by atoms with Crippen molar-refractivity contribution >= 4 is 33.4 Å². The highest BCUT2D eigenvalue weighted by atomic mass is 79.9. The zero-order chi connectivity index (χ0) is 17.5. The number of hydrogen-bond acceptors (Lipinski definition) is 4. The smallest absolute Gasteiger partial charge is 0.407 e. The van der Waals surface area contributed by atoms with Crippen LogP contribution in [0.15, 0.2) is 15.9 Å². The fourth-order valence-electron chi connectivity index (χ4n) is 2.21. The maximum Gasteiger partial charge on any atom is 0.407 e. The maximum atomic E-state index is 11.8. The van der Waals surface area contributed by atoms with E-state index in [9.17, 15) is 4.79 Å². The van der Waals surface area contributed by atoms with Gasteiger partial charge in [0.2, 0.25) is 0 Å². The average Bonchev–Trinajstić information content (AvgIpc) is 2.86. The molecule has 23 heavy (non-hydrogen) atoms. The van der Waals surface area contributed by atoms with Crippen molar-refractivity contribution in [2.24, 2.45) is 0 Å². The quantitative estimate of drug-likeness (QED) is 0.622. The Labute approximate surface area is 152 Å². The first-order chi connectivity index (χ1) is 10.7. The largest absolute Gasteiger partial charge is 0.444 e. The lowest BCUT2D eigenvalue weighted by Crippen LogP contribution is -2.43. The van der Waals surface area contributed by atoms with Gasteiger partial charge in [-0.2, -0.15) is 0 Å². The van der Waals surface area contributed by atoms with E-state index in [-0.39, 0.29) is 18.2 Å². The van der Waals surface area contributed by atoms with Gasteiger partial charge in [0.15, 0.2) is 0 Å². The van der Waals surface area contributed by atoms with Crippen LogP contribution >= 0.6 is 27.3 Å². The first-order valence-corrected chi connectivity index (χ1v) is 9.85. The SMILES string of the molecule is CCCCC(CNC(=O)OC(C)(C)C)NC(C)c1cc(Br)cs1. The summed E-state index contributed by atoms with van der Waals surface area (Å²) in [5, 5.41) is 8.59. The van der Waals surface area contributed by atoms with Crippen molar-refractivity contribution in [2.45, 2.75) is 71.6 Å². The Hall–Kier alpha value is -0.590. The highest BCUT2D eigenvalue weighted by Crippen LogP contribution is 2.25. The third-order valence-corrected chi connectivity index (χ3v) is 5.17. The van der Waals surface area contributed by atoms with E-state index >= 15 is 0 Å². The molecular formula is C17H29BrN2O2S. The second-order valence-corrected chi connectivity index (χ2v) is 8.64. The number of nitrogens with one attached hydrogen (secondary N) is 2. The molecule has 0 aliphatic rings. The van der Waals surface area contributed by atoms with E-state index < -0.39 is 5.60 Å². The Morgan fingerprint density at radius 1 is 1.43 bits per heavy atom. The summed E-state index contributed by atoms with van der Waals surface area (Å²) in [7, 11) is 0. The Kier molecular flexibility index (Phi) is 8.58. The number of alkyl carbamates (subject to hydrolysis) is 1. The maximum absolute atomic E-state index is 11.8. The lowest BCUT2D eigenvalue weighted by Gasteiger charge is -2.25. The average molecular weight is 405 g/mol. The van der Waals surface area contributed by atoms with Crippen molar-refractivity contribution in [1.82, 2.24) is 10.6 Å². The number of hydrogen-bond donors (Lipinski definition) is 2. The summed E-state index contributed by atoms with van der Waals surface area (Å²) in [5.74, 6) is 0. The Bertz CT molecular complexity index is 485. The first-order valence-electron chi connectivity index (χ1n) is 8.18. The molecule has 0 spiro atoms. The highest BCUT2D eigenvalue weighted by Gasteiger charge is 2.19. The number of carbonyl (C=O) groups is 1. The fraction of sp³-hybridized carbons (Fsp3) is 0.706. The number of rotatable bonds is 8. The Balaban J connectivity index is 2.53. The van der Waals surface area contributed by atoms with Crippen molar-refractivity contribution in [1.29, 1.82) is 0 Å². The molecule has 0 saturated carbocycles. The van der Waals surface area contributed by atoms with Crippen LogP contribution in [0.25, 0.3) is 0 Å². The third-order valence-electron chi connectivity index (χ3n) is 3.30. The van der Waals surface area contributed by atoms with Crippen LogP contribution < -0.4 is 10.6 Å². The molecule has 4 nitrogen and oxygen atoms in total. The van der Waals surface area contributed by atoms with E-state index in [2.05, 4.69) is 51.9 Å². The Morgan fingerprint density at radius 3 is 2.65 bits per heavy atom. The topological polar surface area (TPSA) is 50.4 Å². The van der Waals surface area contributed by atoms with Crippen LogP contribution in [-0.2, 0) is 4.74 Å². The summed E-state index contributed by atoms with van der Waals surface area (Å²) in [6.07, 6.45) is 2.95. The molecule has 1 heterocycles. The molecule has 2 atom stereocenters. The summed E-state index contributed by atoms with van der Waals surface area (Å²) in [6, 6.07) is 2.63. The predicted octanol–water partition coefficient (Wildman–Crippen LogP) is 5.24. The van der Waals surface area contributed by atoms with Gasteiger partial charge in [0.05, 0.1) is 0 Å². The number of unbranched alkanes of at least 4 members (excludes halogenated alkanes) is 1. The molecular weight excluding hydrogens is 376 g/mol. The van der Waals surface area contributed by atoms with E-state index in [1.54, 1.807) is 11.3 Å². The molecule has 0 bridgehead atoms. The molecule has 0 aliphatic heterocycles. The van der Waals surface area contributed by atoms with Crippen LogP contribution in [0.1, 0.15) is 64.8 Å². The van der Waals surface area contributed by atoms with Crippen LogP contribution in [0.5, 0.6) is 0 Å². The monoisotopic (exact) mass is 404 g/mol. The van der Waals surface area contributed by atoms with E-state index in [0.29, 0.717) is 6.54 Å². The van der Waals surface area contributed by atoms with Crippen molar-refractivity contribution in [3.8, 4) is 0 Å². The number of halogens is 1. The van der Waals surface area contributed by atoms with Gasteiger partial charge >= 0.3 is 6.09 Å². The van der Waals surface area contributed by atoms with Crippen molar-refractivity contribution in [3.63, 3.8) is 0 Å². The predicted molar refractivity (Wildman–Crippen MR) is 101 cm³/mol. The van der Waals surface area contributed by atoms with Crippen LogP contribution in [0.2, 0.25) is 0 Å². The van der Waals surface area contributed by atoms with Crippen molar-refractivity contribution in [3.05, 3.63) is 20.8 Å². The zero-order valence-corrected chi connectivity index (χ0v) is 17.1. The molecule has 1 rings (SSSR count). The standard InChI is InChI=1S/C17H29BrN2O2S/c1-6-7-8-14(10-19-16(21)22-17(3,4)5)20-12(2)15-9-13(18)11-23-15/h9,11-12,14,20H,6-8,10H2,1-5H3,(H,19,21). The van der Waals surface area contributed by atoms with E-state index in [1.807, 2.05) is 20.8 Å². The summed E-state index contributed by atoms with van der Waals surface area (Å²) in [6.45, 7) is 10.5. The molecule has 0 fully saturated rings. The second kappa shape index (κ2) is 9.64. The van der Waals surface area contributed by atoms with E-state index in [1.165, 1.54) is 4.88 Å². The van der Waals surface area contributed by atoms with E-state index in [4.69, 9.17) is 4.74 Å². The first kappa shape index (κ1) is 20.5. The lowest BCUT2D eigenvalue weighted by atomic mass is 10.1. The molecule has 0 saturated heterocycles. The molecule has 1 aromatic rings. The van der Waals surface area contributed by atoms with Crippen LogP contribution in [0.3, 0.4) is 0 Å². The Morgan fingerprint density at radius 2 is 2.13 bits per heavy atom. The van der Waals surface area contributed by atoms with Crippen LogP contribution in [0, 0.1) is 0 Å². The molecule has 2 unspecified atom stereocenters. The minimum atomic E-state index is -0.465. The van der Waals surface area contributed by atoms with E-state index in [0.717, 1.165) is 23.7 Å². The molecule has 0 aliphatic carbocycles. The summed E-state index contributed by atoms with van der Waals surface area (Å²) < 4.78 is 6.42. The van der Waals surface area contributed by atoms with Gasteiger partial charge in [-0.3, -0.25) is 0 Å². The van der Waals surface area contributed by atoms with Gasteiger partial charge in [0.1, 0.15) is 5.60 Å². The number of ether oxygens (including phenoxy) is 1. The molecule has 6 heteroatoms. The summed E-state index contributed by atoms with van der Waals surface area (Å²) >= 11 is 5.23. The van der Waals surface area contributed by atoms with Gasteiger partial charge in [0, 0.05) is 33.4 Å². The second-order valence-electron chi connectivity index (χ2n) is 6.78. The minimum Gasteiger partial charge on any atom is -0.444 e. The molecule has 1 aromatic heterocycles. The molecule has 2 N–H and O–H groups in total. The van der Waals surface area contributed by atoms with Crippen molar-refractivity contribution < 1.29 is 9.53 Å². The fourth-order valence-corrected chi connectivity index (χ4v) is 3.67. The normalized spacial score (nSPS) is 14.3. The number of amides is 1. The van der Waals surface area contributed by atoms with Gasteiger partial charge in [-0.1, -0.05) is 19.8 Å². The zero-order valence-electron chi connectivity index (χ0n) is 14.7. The summed E-state index contributed by atoms with van der Waals surface area (Å²) in [4.78, 5) is 13.1. The lowest BCUT2D eigenvalue weighted by molar-refractivity contribution is 0.0521. The number of thiophene rings is 1. The molecule has 132 valence electrons. The molecule has 0 aromatic carbocycles. The van der Waals surface area contributed by atoms with Gasteiger partial charge in [-0.05, 0) is 56.1 Å². The van der Waals surface area contributed by atoms with Crippen LogP contribution in [-0.4, -0.2) is 24.3 Å². The number of carbonyl (C=O) groups excluding carboxylic acids is 1. The minimum absolute atomic E-state index is 0.235. The van der Waals surface area contributed by atoms with Gasteiger partial charge in [-0.25, -0.2) is 4.79 Å². The highest BCUT2D eigenvalue weighted by molar-refractivity contribution is 9.10. The van der Waals surface area contributed by atoms with Crippen LogP contribution in [0.4, 0.5) is 4.79 Å². The van der Waals surface area contributed by atoms with Crippen molar-refractivity contribution in [2.75, 3.05) is 6.54 Å². The molecule has 1 amide bonds. The van der Waals surface area contributed by atoms with Gasteiger partial charge < -0.3 is 15.4 Å².